The Balaban J connectivity index is 1.94. The second-order valence-electron chi connectivity index (χ2n) is 6.99. The van der Waals surface area contributed by atoms with E-state index in [0.717, 1.165) is 29.5 Å². The van der Waals surface area contributed by atoms with Gasteiger partial charge in [-0.25, -0.2) is 4.98 Å². The minimum absolute atomic E-state index is 0.180. The number of ether oxygens (including phenoxy) is 1. The van der Waals surface area contributed by atoms with Gasteiger partial charge in [-0.15, -0.1) is 0 Å². The molecule has 0 aliphatic carbocycles. The molecule has 0 spiro atoms. The zero-order valence-corrected chi connectivity index (χ0v) is 15.1. The maximum atomic E-state index is 9.87. The summed E-state index contributed by atoms with van der Waals surface area (Å²) in [5.74, 6) is 1.10. The number of morpholine rings is 1. The third-order valence-electron chi connectivity index (χ3n) is 5.27. The van der Waals surface area contributed by atoms with E-state index in [4.69, 9.17) is 20.9 Å². The Kier molecular flexibility index (Phi) is 4.30. The number of nitriles is 1. The molecule has 0 saturated carbocycles. The molecule has 0 aromatic carbocycles. The molecule has 4 N–H and O–H groups in total. The van der Waals surface area contributed by atoms with Crippen LogP contribution in [-0.4, -0.2) is 59.9 Å². The lowest BCUT2D eigenvalue weighted by Gasteiger charge is -2.39. The average Bonchev–Trinajstić information content (AvgIpc) is 3.06. The van der Waals surface area contributed by atoms with E-state index in [0.29, 0.717) is 37.8 Å². The number of rotatable bonds is 4. The third-order valence-corrected chi connectivity index (χ3v) is 5.27. The molecule has 2 saturated heterocycles. The fraction of sp³-hybridized carbons (Fsp3) is 0.444. The molecular formula is C18H22N8O. The van der Waals surface area contributed by atoms with E-state index in [9.17, 15) is 5.26 Å². The van der Waals surface area contributed by atoms with E-state index in [1.165, 1.54) is 10.8 Å². The minimum atomic E-state index is -0.598. The van der Waals surface area contributed by atoms with E-state index >= 15 is 0 Å². The molecule has 0 amide bonds. The largest absolute Gasteiger partial charge is 0.384 e. The fourth-order valence-corrected chi connectivity index (χ4v) is 3.65. The lowest BCUT2D eigenvalue weighted by molar-refractivity contribution is 0.0985. The normalized spacial score (nSPS) is 22.3. The lowest BCUT2D eigenvalue weighted by atomic mass is 9.76. The van der Waals surface area contributed by atoms with Crippen molar-refractivity contribution >= 4 is 28.9 Å². The standard InChI is InChI=1S/C18H22N8O/c1-12-8-27-5-4-25(12)16-6-14(18(9-20)10-22-11-18)13-7-23-26(17(13)24-16)15(21)2-3-19/h2-3,6-7,12,19,22H,4-5,8,10-11,21H2,1H3/t12-/m1/s1. The van der Waals surface area contributed by atoms with Gasteiger partial charge in [0.25, 0.3) is 0 Å². The number of allylic oxidation sites excluding steroid dienone is 1. The highest BCUT2D eigenvalue weighted by Crippen LogP contribution is 2.36. The van der Waals surface area contributed by atoms with Crippen molar-refractivity contribution in [1.82, 2.24) is 20.1 Å². The molecule has 9 heteroatoms. The molecule has 140 valence electrons. The predicted molar refractivity (Wildman–Crippen MR) is 103 cm³/mol. The Morgan fingerprint density at radius 1 is 1.56 bits per heavy atom. The Hall–Kier alpha value is -2.96. The minimum Gasteiger partial charge on any atom is -0.384 e. The second kappa shape index (κ2) is 6.64. The number of hydrogen-bond donors (Lipinski definition) is 3. The summed E-state index contributed by atoms with van der Waals surface area (Å²) in [7, 11) is 0. The van der Waals surface area contributed by atoms with Crippen LogP contribution in [0, 0.1) is 16.7 Å². The molecule has 2 aromatic rings. The van der Waals surface area contributed by atoms with Crippen LogP contribution in [0.3, 0.4) is 0 Å². The number of pyridine rings is 1. The Labute approximate surface area is 156 Å². The summed E-state index contributed by atoms with van der Waals surface area (Å²) in [5, 5.41) is 25.5. The van der Waals surface area contributed by atoms with Crippen LogP contribution < -0.4 is 16.0 Å². The highest BCUT2D eigenvalue weighted by molar-refractivity contribution is 5.87. The molecule has 4 rings (SSSR count). The average molecular weight is 366 g/mol. The third kappa shape index (κ3) is 2.74. The van der Waals surface area contributed by atoms with E-state index in [-0.39, 0.29) is 6.04 Å². The van der Waals surface area contributed by atoms with Crippen LogP contribution in [-0.2, 0) is 10.2 Å². The van der Waals surface area contributed by atoms with Gasteiger partial charge in [-0.3, -0.25) is 0 Å². The fourth-order valence-electron chi connectivity index (χ4n) is 3.65. The van der Waals surface area contributed by atoms with Gasteiger partial charge in [0.05, 0.1) is 31.5 Å². The van der Waals surface area contributed by atoms with E-state index in [2.05, 4.69) is 28.3 Å². The quantitative estimate of drug-likeness (QED) is 0.669. The van der Waals surface area contributed by atoms with E-state index < -0.39 is 5.41 Å². The molecular weight excluding hydrogens is 344 g/mol. The molecule has 27 heavy (non-hydrogen) atoms. The Morgan fingerprint density at radius 2 is 2.37 bits per heavy atom. The van der Waals surface area contributed by atoms with Crippen LogP contribution in [0.25, 0.3) is 16.9 Å². The Morgan fingerprint density at radius 3 is 3.00 bits per heavy atom. The maximum Gasteiger partial charge on any atom is 0.167 e. The number of aromatic nitrogens is 3. The molecule has 2 aliphatic rings. The van der Waals surface area contributed by atoms with Crippen molar-refractivity contribution in [2.24, 2.45) is 5.73 Å². The van der Waals surface area contributed by atoms with Crippen LogP contribution in [0.4, 0.5) is 5.82 Å². The number of nitrogens with one attached hydrogen (secondary N) is 2. The summed E-state index contributed by atoms with van der Waals surface area (Å²) in [6.45, 7) is 5.29. The van der Waals surface area contributed by atoms with Gasteiger partial charge in [-0.1, -0.05) is 0 Å². The first-order chi connectivity index (χ1) is 13.1. The molecule has 9 nitrogen and oxygen atoms in total. The van der Waals surface area contributed by atoms with Crippen molar-refractivity contribution < 1.29 is 4.74 Å². The van der Waals surface area contributed by atoms with Gasteiger partial charge in [-0.05, 0) is 24.6 Å². The van der Waals surface area contributed by atoms with Crippen LogP contribution >= 0.6 is 0 Å². The number of anilines is 1. The molecule has 0 unspecified atom stereocenters. The van der Waals surface area contributed by atoms with Crippen molar-refractivity contribution in [1.29, 1.82) is 10.7 Å². The van der Waals surface area contributed by atoms with Crippen LogP contribution in [0.15, 0.2) is 18.3 Å². The first-order valence-electron chi connectivity index (χ1n) is 8.92. The number of nitrogens with zero attached hydrogens (tertiary/aromatic N) is 5. The van der Waals surface area contributed by atoms with Crippen LogP contribution in [0.1, 0.15) is 12.5 Å². The Bertz CT molecular complexity index is 952. The molecule has 2 aliphatic heterocycles. The smallest absolute Gasteiger partial charge is 0.167 e. The second-order valence-corrected chi connectivity index (χ2v) is 6.99. The SMILES string of the molecule is C[C@@H]1COCCN1c1cc(C2(C#N)CNC2)c2cnn(C(N)=CC=N)c2n1. The van der Waals surface area contributed by atoms with Gasteiger partial charge in [0.2, 0.25) is 0 Å². The van der Waals surface area contributed by atoms with Crippen molar-refractivity contribution in [2.45, 2.75) is 18.4 Å². The topological polar surface area (TPSA) is 129 Å². The van der Waals surface area contributed by atoms with Crippen LogP contribution in [0.2, 0.25) is 0 Å². The van der Waals surface area contributed by atoms with Gasteiger partial charge in [0.15, 0.2) is 5.65 Å². The molecule has 2 fully saturated rings. The molecule has 0 radical (unpaired) electrons. The van der Waals surface area contributed by atoms with Gasteiger partial charge in [-0.2, -0.15) is 15.0 Å². The molecule has 2 aromatic heterocycles. The molecule has 1 atom stereocenters. The van der Waals surface area contributed by atoms with Crippen molar-refractivity contribution in [3.05, 3.63) is 23.9 Å². The highest BCUT2D eigenvalue weighted by Gasteiger charge is 2.41. The molecule has 0 bridgehead atoms. The lowest BCUT2D eigenvalue weighted by Crippen LogP contribution is -2.56. The molecule has 4 heterocycles. The van der Waals surface area contributed by atoms with E-state index in [1.807, 2.05) is 6.07 Å². The van der Waals surface area contributed by atoms with Crippen molar-refractivity contribution in [3.8, 4) is 6.07 Å². The van der Waals surface area contributed by atoms with Crippen molar-refractivity contribution in [2.75, 3.05) is 37.7 Å². The van der Waals surface area contributed by atoms with Gasteiger partial charge in [0.1, 0.15) is 17.1 Å². The van der Waals surface area contributed by atoms with Crippen molar-refractivity contribution in [3.63, 3.8) is 0 Å². The summed E-state index contributed by atoms with van der Waals surface area (Å²) in [5.41, 5.74) is 6.98. The monoisotopic (exact) mass is 366 g/mol. The van der Waals surface area contributed by atoms with Gasteiger partial charge in [0, 0.05) is 31.2 Å². The number of fused-ring (bicyclic) bond motifs is 1. The predicted octanol–water partition coefficient (Wildman–Crippen LogP) is 0.428. The van der Waals surface area contributed by atoms with E-state index in [1.54, 1.807) is 6.20 Å². The van der Waals surface area contributed by atoms with Gasteiger partial charge >= 0.3 is 0 Å². The highest BCUT2D eigenvalue weighted by atomic mass is 16.5. The summed E-state index contributed by atoms with van der Waals surface area (Å²) in [6, 6.07) is 4.67. The van der Waals surface area contributed by atoms with Crippen LogP contribution in [0.5, 0.6) is 0 Å². The summed E-state index contributed by atoms with van der Waals surface area (Å²) < 4.78 is 7.07. The summed E-state index contributed by atoms with van der Waals surface area (Å²) >= 11 is 0. The summed E-state index contributed by atoms with van der Waals surface area (Å²) in [4.78, 5) is 7.02. The number of hydrogen-bond acceptors (Lipinski definition) is 8. The zero-order valence-electron chi connectivity index (χ0n) is 15.1. The first kappa shape index (κ1) is 17.5. The zero-order chi connectivity index (χ0) is 19.0. The van der Waals surface area contributed by atoms with Gasteiger partial charge < -0.3 is 26.1 Å². The first-order valence-corrected chi connectivity index (χ1v) is 8.92. The maximum absolute atomic E-state index is 9.87. The summed E-state index contributed by atoms with van der Waals surface area (Å²) in [6.07, 6.45) is 4.28. The number of nitrogens with two attached hydrogens (primary N) is 1.